The SMILES string of the molecule is Cn1cnnc1CNc1nc(Cl)nc(N2CCCCC2)n1. The van der Waals surface area contributed by atoms with E-state index in [1.807, 2.05) is 11.6 Å². The second-order valence-electron chi connectivity index (χ2n) is 4.99. The third-order valence-electron chi connectivity index (χ3n) is 3.44. The summed E-state index contributed by atoms with van der Waals surface area (Å²) in [5, 5.41) is 11.1. The van der Waals surface area contributed by atoms with E-state index in [1.165, 1.54) is 6.42 Å². The maximum atomic E-state index is 6.00. The zero-order valence-corrected chi connectivity index (χ0v) is 12.6. The van der Waals surface area contributed by atoms with Crippen LogP contribution in [0.25, 0.3) is 0 Å². The van der Waals surface area contributed by atoms with Crippen molar-refractivity contribution >= 4 is 23.5 Å². The molecule has 0 spiro atoms. The van der Waals surface area contributed by atoms with E-state index in [2.05, 4.69) is 35.4 Å². The van der Waals surface area contributed by atoms with Gasteiger partial charge in [-0.25, -0.2) is 0 Å². The van der Waals surface area contributed by atoms with E-state index in [4.69, 9.17) is 11.6 Å². The molecular weight excluding hydrogens is 292 g/mol. The fourth-order valence-corrected chi connectivity index (χ4v) is 2.43. The van der Waals surface area contributed by atoms with Crippen molar-refractivity contribution in [1.82, 2.24) is 29.7 Å². The fourth-order valence-electron chi connectivity index (χ4n) is 2.28. The lowest BCUT2D eigenvalue weighted by Gasteiger charge is -2.26. The molecule has 0 bridgehead atoms. The van der Waals surface area contributed by atoms with Gasteiger partial charge in [0.2, 0.25) is 17.2 Å². The summed E-state index contributed by atoms with van der Waals surface area (Å²) in [6.45, 7) is 2.41. The highest BCUT2D eigenvalue weighted by atomic mass is 35.5. The summed E-state index contributed by atoms with van der Waals surface area (Å²) in [6.07, 6.45) is 5.22. The lowest BCUT2D eigenvalue weighted by molar-refractivity contribution is 0.567. The van der Waals surface area contributed by atoms with Crippen molar-refractivity contribution in [2.24, 2.45) is 7.05 Å². The monoisotopic (exact) mass is 308 g/mol. The first-order valence-corrected chi connectivity index (χ1v) is 7.33. The van der Waals surface area contributed by atoms with Crippen molar-refractivity contribution in [2.45, 2.75) is 25.8 Å². The molecule has 2 aromatic rings. The molecule has 0 amide bonds. The molecule has 0 unspecified atom stereocenters. The number of anilines is 2. The normalized spacial score (nSPS) is 15.2. The van der Waals surface area contributed by atoms with Gasteiger partial charge in [-0.2, -0.15) is 15.0 Å². The van der Waals surface area contributed by atoms with Gasteiger partial charge in [0, 0.05) is 20.1 Å². The Morgan fingerprint density at radius 2 is 2.00 bits per heavy atom. The Kier molecular flexibility index (Phi) is 4.14. The smallest absolute Gasteiger partial charge is 0.231 e. The first-order chi connectivity index (χ1) is 10.2. The predicted octanol–water partition coefficient (Wildman–Crippen LogP) is 1.26. The Hall–Kier alpha value is -1.96. The van der Waals surface area contributed by atoms with Gasteiger partial charge in [-0.3, -0.25) is 0 Å². The molecule has 0 aliphatic carbocycles. The molecule has 112 valence electrons. The summed E-state index contributed by atoms with van der Waals surface area (Å²) in [4.78, 5) is 14.9. The number of rotatable bonds is 4. The lowest BCUT2D eigenvalue weighted by atomic mass is 10.1. The van der Waals surface area contributed by atoms with Gasteiger partial charge in [0.05, 0.1) is 6.54 Å². The molecule has 0 aromatic carbocycles. The Bertz CT molecular complexity index is 607. The lowest BCUT2D eigenvalue weighted by Crippen LogP contribution is -2.31. The molecule has 0 atom stereocenters. The minimum absolute atomic E-state index is 0.200. The van der Waals surface area contributed by atoms with Crippen LogP contribution in [-0.4, -0.2) is 42.8 Å². The zero-order valence-electron chi connectivity index (χ0n) is 11.8. The largest absolute Gasteiger partial charge is 0.347 e. The Morgan fingerprint density at radius 3 is 2.71 bits per heavy atom. The maximum Gasteiger partial charge on any atom is 0.231 e. The molecule has 21 heavy (non-hydrogen) atoms. The molecule has 3 rings (SSSR count). The molecule has 1 fully saturated rings. The number of aromatic nitrogens is 6. The van der Waals surface area contributed by atoms with E-state index in [0.717, 1.165) is 31.8 Å². The second kappa shape index (κ2) is 6.21. The van der Waals surface area contributed by atoms with Crippen molar-refractivity contribution in [3.8, 4) is 0 Å². The minimum atomic E-state index is 0.200. The van der Waals surface area contributed by atoms with Gasteiger partial charge in [0.25, 0.3) is 0 Å². The van der Waals surface area contributed by atoms with E-state index in [-0.39, 0.29) is 5.28 Å². The van der Waals surface area contributed by atoms with E-state index < -0.39 is 0 Å². The molecule has 1 N–H and O–H groups in total. The summed E-state index contributed by atoms with van der Waals surface area (Å²) in [6, 6.07) is 0. The summed E-state index contributed by atoms with van der Waals surface area (Å²) in [5.74, 6) is 1.89. The van der Waals surface area contributed by atoms with Crippen molar-refractivity contribution in [2.75, 3.05) is 23.3 Å². The number of piperidine rings is 1. The van der Waals surface area contributed by atoms with Crippen LogP contribution in [0.15, 0.2) is 6.33 Å². The van der Waals surface area contributed by atoms with Gasteiger partial charge in [-0.05, 0) is 30.9 Å². The third-order valence-corrected chi connectivity index (χ3v) is 3.61. The van der Waals surface area contributed by atoms with E-state index >= 15 is 0 Å². The van der Waals surface area contributed by atoms with Gasteiger partial charge < -0.3 is 14.8 Å². The van der Waals surface area contributed by atoms with Gasteiger partial charge in [0.1, 0.15) is 6.33 Å². The quantitative estimate of drug-likeness (QED) is 0.910. The summed E-state index contributed by atoms with van der Waals surface area (Å²) >= 11 is 6.00. The molecule has 1 aliphatic heterocycles. The van der Waals surface area contributed by atoms with Crippen LogP contribution in [0.2, 0.25) is 5.28 Å². The Balaban J connectivity index is 1.73. The van der Waals surface area contributed by atoms with Gasteiger partial charge >= 0.3 is 0 Å². The molecule has 0 saturated carbocycles. The number of halogens is 1. The van der Waals surface area contributed by atoms with Crippen LogP contribution in [-0.2, 0) is 13.6 Å². The Labute approximate surface area is 127 Å². The van der Waals surface area contributed by atoms with Crippen LogP contribution in [0, 0.1) is 0 Å². The molecule has 1 aliphatic rings. The van der Waals surface area contributed by atoms with Crippen molar-refractivity contribution < 1.29 is 0 Å². The summed E-state index contributed by atoms with van der Waals surface area (Å²) < 4.78 is 1.83. The van der Waals surface area contributed by atoms with Crippen LogP contribution in [0.1, 0.15) is 25.1 Å². The van der Waals surface area contributed by atoms with E-state index in [0.29, 0.717) is 18.4 Å². The van der Waals surface area contributed by atoms with Crippen molar-refractivity contribution in [3.63, 3.8) is 0 Å². The van der Waals surface area contributed by atoms with Crippen molar-refractivity contribution in [3.05, 3.63) is 17.4 Å². The molecule has 8 nitrogen and oxygen atoms in total. The topological polar surface area (TPSA) is 84.7 Å². The van der Waals surface area contributed by atoms with Crippen LogP contribution in [0.3, 0.4) is 0 Å². The standard InChI is InChI=1S/C12H17ClN8/c1-20-8-15-19-9(20)7-14-11-16-10(13)17-12(18-11)21-5-3-2-4-6-21/h8H,2-7H2,1H3,(H,14,16,17,18). The molecule has 1 saturated heterocycles. The molecule has 2 aromatic heterocycles. The van der Waals surface area contributed by atoms with E-state index in [9.17, 15) is 0 Å². The van der Waals surface area contributed by atoms with Crippen molar-refractivity contribution in [1.29, 1.82) is 0 Å². The van der Waals surface area contributed by atoms with Crippen LogP contribution in [0.5, 0.6) is 0 Å². The number of hydrogen-bond acceptors (Lipinski definition) is 7. The van der Waals surface area contributed by atoms with Crippen LogP contribution in [0.4, 0.5) is 11.9 Å². The highest BCUT2D eigenvalue weighted by Gasteiger charge is 2.15. The van der Waals surface area contributed by atoms with Gasteiger partial charge in [0.15, 0.2) is 5.82 Å². The Morgan fingerprint density at radius 1 is 1.19 bits per heavy atom. The summed E-state index contributed by atoms with van der Waals surface area (Å²) in [7, 11) is 1.89. The fraction of sp³-hybridized carbons (Fsp3) is 0.583. The molecule has 0 radical (unpaired) electrons. The average molecular weight is 309 g/mol. The number of aryl methyl sites for hydroxylation is 1. The van der Waals surface area contributed by atoms with Crippen LogP contribution < -0.4 is 10.2 Å². The highest BCUT2D eigenvalue weighted by molar-refractivity contribution is 6.28. The molecule has 9 heteroatoms. The molecular formula is C12H17ClN8. The first-order valence-electron chi connectivity index (χ1n) is 6.95. The molecule has 3 heterocycles. The average Bonchev–Trinajstić information content (AvgIpc) is 2.91. The van der Waals surface area contributed by atoms with Gasteiger partial charge in [-0.1, -0.05) is 0 Å². The van der Waals surface area contributed by atoms with E-state index in [1.54, 1.807) is 6.33 Å². The number of nitrogens with zero attached hydrogens (tertiary/aromatic N) is 7. The predicted molar refractivity (Wildman–Crippen MR) is 79.2 cm³/mol. The summed E-state index contributed by atoms with van der Waals surface area (Å²) in [5.41, 5.74) is 0. The highest BCUT2D eigenvalue weighted by Crippen LogP contribution is 2.18. The maximum absolute atomic E-state index is 6.00. The second-order valence-corrected chi connectivity index (χ2v) is 5.33. The number of nitrogens with one attached hydrogen (secondary N) is 1. The van der Waals surface area contributed by atoms with Crippen LogP contribution >= 0.6 is 11.6 Å². The third kappa shape index (κ3) is 3.38. The first kappa shape index (κ1) is 14.0. The van der Waals surface area contributed by atoms with Gasteiger partial charge in [-0.15, -0.1) is 10.2 Å². The minimum Gasteiger partial charge on any atom is -0.347 e. The number of hydrogen-bond donors (Lipinski definition) is 1. The zero-order chi connectivity index (χ0) is 14.7.